The topological polar surface area (TPSA) is 108 Å². The molecule has 118 valence electrons. The molecule has 0 saturated carbocycles. The molecule has 0 radical (unpaired) electrons. The van der Waals surface area contributed by atoms with E-state index in [0.717, 1.165) is 0 Å². The summed E-state index contributed by atoms with van der Waals surface area (Å²) >= 11 is 0. The van der Waals surface area contributed by atoms with Crippen LogP contribution in [-0.4, -0.2) is 29.1 Å². The fraction of sp³-hybridized carbons (Fsp3) is 0.0667. The van der Waals surface area contributed by atoms with E-state index in [1.54, 1.807) is 30.5 Å². The molecule has 0 saturated heterocycles. The Hall–Kier alpha value is -3.62. The lowest BCUT2D eigenvalue weighted by atomic mass is 10.3. The van der Waals surface area contributed by atoms with Gasteiger partial charge in [0.25, 0.3) is 5.56 Å². The fourth-order valence-corrected chi connectivity index (χ4v) is 2.33. The predicted octanol–water partition coefficient (Wildman–Crippen LogP) is 0.349. The summed E-state index contributed by atoms with van der Waals surface area (Å²) < 4.78 is 7.36. The van der Waals surface area contributed by atoms with Crippen molar-refractivity contribution in [1.82, 2.24) is 29.1 Å². The number of fused-ring (bicyclic) bond motifs is 1. The third kappa shape index (κ3) is 2.37. The Balaban J connectivity index is 1.81. The first-order chi connectivity index (χ1) is 11.7. The van der Waals surface area contributed by atoms with Gasteiger partial charge >= 0.3 is 5.76 Å². The molecular weight excluding hydrogens is 312 g/mol. The lowest BCUT2D eigenvalue weighted by Gasteiger charge is -2.05. The Morgan fingerprint density at radius 3 is 2.75 bits per heavy atom. The van der Waals surface area contributed by atoms with Gasteiger partial charge in [-0.1, -0.05) is 11.2 Å². The molecule has 0 unspecified atom stereocenters. The smallest absolute Gasteiger partial charge is 0.295 e. The quantitative estimate of drug-likeness (QED) is 0.535. The van der Waals surface area contributed by atoms with Crippen molar-refractivity contribution in [2.45, 2.75) is 6.54 Å². The molecule has 0 atom stereocenters. The van der Waals surface area contributed by atoms with Crippen molar-refractivity contribution >= 4 is 5.65 Å². The van der Waals surface area contributed by atoms with Crippen LogP contribution in [0.15, 0.2) is 63.0 Å². The molecule has 4 heterocycles. The molecule has 0 aliphatic carbocycles. The molecule has 0 amide bonds. The van der Waals surface area contributed by atoms with E-state index in [1.807, 2.05) is 0 Å². The van der Waals surface area contributed by atoms with Gasteiger partial charge in [0.15, 0.2) is 5.82 Å². The summed E-state index contributed by atoms with van der Waals surface area (Å²) in [7, 11) is 0. The second-order valence-electron chi connectivity index (χ2n) is 4.95. The number of hydrogen-bond acceptors (Lipinski definition) is 7. The maximum absolute atomic E-state index is 12.1. The van der Waals surface area contributed by atoms with Crippen molar-refractivity contribution in [2.75, 3.05) is 0 Å². The van der Waals surface area contributed by atoms with Crippen LogP contribution in [0.4, 0.5) is 0 Å². The number of hydrogen-bond donors (Lipinski definition) is 0. The van der Waals surface area contributed by atoms with Crippen LogP contribution in [0.2, 0.25) is 0 Å². The third-order valence-electron chi connectivity index (χ3n) is 3.40. The molecule has 0 aromatic carbocycles. The Kier molecular flexibility index (Phi) is 3.23. The van der Waals surface area contributed by atoms with Gasteiger partial charge in [-0.05, 0) is 18.2 Å². The Bertz CT molecular complexity index is 1130. The van der Waals surface area contributed by atoms with E-state index in [-0.39, 0.29) is 23.8 Å². The van der Waals surface area contributed by atoms with E-state index in [2.05, 4.69) is 20.1 Å². The zero-order valence-electron chi connectivity index (χ0n) is 12.2. The highest BCUT2D eigenvalue weighted by atomic mass is 16.5. The van der Waals surface area contributed by atoms with E-state index >= 15 is 0 Å². The van der Waals surface area contributed by atoms with Crippen LogP contribution in [-0.2, 0) is 6.54 Å². The molecule has 0 bridgehead atoms. The van der Waals surface area contributed by atoms with Crippen molar-refractivity contribution < 1.29 is 4.52 Å². The van der Waals surface area contributed by atoms with Gasteiger partial charge in [-0.3, -0.25) is 13.7 Å². The summed E-state index contributed by atoms with van der Waals surface area (Å²) in [5.74, 6) is -0.246. The largest absolute Gasteiger partial charge is 0.442 e. The van der Waals surface area contributed by atoms with Gasteiger partial charge in [0.2, 0.25) is 5.82 Å². The number of nitrogens with zero attached hydrogens (tertiary/aromatic N) is 6. The molecule has 0 spiro atoms. The van der Waals surface area contributed by atoms with Crippen LogP contribution in [0.25, 0.3) is 17.3 Å². The summed E-state index contributed by atoms with van der Waals surface area (Å²) in [6, 6.07) is 8.24. The molecule has 0 N–H and O–H groups in total. The van der Waals surface area contributed by atoms with Crippen LogP contribution in [0.3, 0.4) is 0 Å². The standard InChI is InChI=1S/C15H10N6O3/c22-12-8-10(18-11-4-1-2-7-20(11)12)9-21-14(19-24-15(21)23)13-16-5-3-6-17-13/h1-8H,9H2. The summed E-state index contributed by atoms with van der Waals surface area (Å²) in [5, 5.41) is 3.71. The van der Waals surface area contributed by atoms with Gasteiger partial charge in [-0.25, -0.2) is 24.3 Å². The Morgan fingerprint density at radius 2 is 1.92 bits per heavy atom. The molecular formula is C15H10N6O3. The SMILES string of the molecule is O=c1onc(-c2ncccn2)n1Cc1cc(=O)n2ccccc2n1. The minimum absolute atomic E-state index is 0.0244. The molecule has 0 fully saturated rings. The highest BCUT2D eigenvalue weighted by molar-refractivity contribution is 5.42. The predicted molar refractivity (Wildman–Crippen MR) is 82.4 cm³/mol. The first kappa shape index (κ1) is 14.0. The van der Waals surface area contributed by atoms with Crippen molar-refractivity contribution in [1.29, 1.82) is 0 Å². The summed E-state index contributed by atoms with van der Waals surface area (Å²) in [6.45, 7) is 0.0244. The normalized spacial score (nSPS) is 11.0. The highest BCUT2D eigenvalue weighted by Gasteiger charge is 2.16. The highest BCUT2D eigenvalue weighted by Crippen LogP contribution is 2.10. The van der Waals surface area contributed by atoms with Gasteiger partial charge in [-0.15, -0.1) is 0 Å². The maximum Gasteiger partial charge on any atom is 0.442 e. The molecule has 24 heavy (non-hydrogen) atoms. The maximum atomic E-state index is 12.1. The molecule has 4 rings (SSSR count). The molecule has 4 aromatic heterocycles. The van der Waals surface area contributed by atoms with Crippen molar-refractivity contribution in [3.8, 4) is 11.6 Å². The zero-order chi connectivity index (χ0) is 16.5. The second-order valence-corrected chi connectivity index (χ2v) is 4.95. The van der Waals surface area contributed by atoms with E-state index in [9.17, 15) is 9.59 Å². The van der Waals surface area contributed by atoms with Crippen LogP contribution in [0, 0.1) is 0 Å². The number of pyridine rings is 1. The second kappa shape index (κ2) is 5.54. The minimum atomic E-state index is -0.674. The van der Waals surface area contributed by atoms with Gasteiger partial charge in [0, 0.05) is 24.7 Å². The Labute approximate surface area is 133 Å². The van der Waals surface area contributed by atoms with E-state index in [0.29, 0.717) is 11.3 Å². The number of rotatable bonds is 3. The first-order valence-electron chi connectivity index (χ1n) is 7.03. The third-order valence-corrected chi connectivity index (χ3v) is 3.40. The van der Waals surface area contributed by atoms with Crippen molar-refractivity contribution in [2.24, 2.45) is 0 Å². The summed E-state index contributed by atoms with van der Waals surface area (Å²) in [6.07, 6.45) is 4.70. The lowest BCUT2D eigenvalue weighted by molar-refractivity contribution is 0.378. The Morgan fingerprint density at radius 1 is 1.08 bits per heavy atom. The average molecular weight is 322 g/mol. The van der Waals surface area contributed by atoms with Gasteiger partial charge in [0.1, 0.15) is 5.65 Å². The van der Waals surface area contributed by atoms with Crippen LogP contribution in [0.1, 0.15) is 5.69 Å². The lowest BCUT2D eigenvalue weighted by Crippen LogP contribution is -2.21. The number of aromatic nitrogens is 6. The van der Waals surface area contributed by atoms with Crippen LogP contribution < -0.4 is 11.3 Å². The van der Waals surface area contributed by atoms with Gasteiger partial charge in [-0.2, -0.15) is 0 Å². The van der Waals surface area contributed by atoms with Crippen LogP contribution >= 0.6 is 0 Å². The monoisotopic (exact) mass is 322 g/mol. The average Bonchev–Trinajstić information content (AvgIpc) is 2.96. The van der Waals surface area contributed by atoms with Gasteiger partial charge in [0.05, 0.1) is 12.2 Å². The first-order valence-corrected chi connectivity index (χ1v) is 7.03. The fourth-order valence-electron chi connectivity index (χ4n) is 2.33. The van der Waals surface area contributed by atoms with Crippen molar-refractivity contribution in [3.05, 3.63) is 75.5 Å². The van der Waals surface area contributed by atoms with E-state index in [4.69, 9.17) is 4.52 Å². The molecule has 0 aliphatic rings. The summed E-state index contributed by atoms with van der Waals surface area (Å²) in [4.78, 5) is 36.6. The molecule has 9 heteroatoms. The molecule has 0 aliphatic heterocycles. The van der Waals surface area contributed by atoms with Crippen molar-refractivity contribution in [3.63, 3.8) is 0 Å². The molecule has 4 aromatic rings. The van der Waals surface area contributed by atoms with E-state index in [1.165, 1.54) is 27.4 Å². The minimum Gasteiger partial charge on any atom is -0.295 e. The van der Waals surface area contributed by atoms with Crippen LogP contribution in [0.5, 0.6) is 0 Å². The van der Waals surface area contributed by atoms with E-state index < -0.39 is 5.76 Å². The van der Waals surface area contributed by atoms with Gasteiger partial charge < -0.3 is 0 Å². The molecule has 9 nitrogen and oxygen atoms in total. The summed E-state index contributed by atoms with van der Waals surface area (Å²) in [5.41, 5.74) is 0.660. The zero-order valence-corrected chi connectivity index (χ0v) is 12.2.